The second-order valence-electron chi connectivity index (χ2n) is 4.76. The summed E-state index contributed by atoms with van der Waals surface area (Å²) in [6.45, 7) is 3.73. The van der Waals surface area contributed by atoms with Crippen LogP contribution in [-0.4, -0.2) is 17.8 Å². The van der Waals surface area contributed by atoms with E-state index in [1.165, 1.54) is 0 Å². The van der Waals surface area contributed by atoms with Crippen LogP contribution in [0.25, 0.3) is 0 Å². The van der Waals surface area contributed by atoms with Crippen LogP contribution in [0.3, 0.4) is 0 Å². The molecule has 1 heterocycles. The fourth-order valence-corrected chi connectivity index (χ4v) is 2.50. The minimum Gasteiger partial charge on any atom is -0.277 e. The molecule has 6 heteroatoms. The molecule has 4 amide bonds. The van der Waals surface area contributed by atoms with Crippen molar-refractivity contribution in [3.8, 4) is 0 Å². The maximum atomic E-state index is 12.4. The number of carbonyl (C=O) groups is 3. The number of rotatable bonds is 3. The van der Waals surface area contributed by atoms with Crippen LogP contribution >= 0.6 is 11.6 Å². The van der Waals surface area contributed by atoms with E-state index in [1.54, 1.807) is 18.2 Å². The number of halogens is 1. The van der Waals surface area contributed by atoms with Crippen molar-refractivity contribution in [1.82, 2.24) is 5.32 Å². The van der Waals surface area contributed by atoms with Gasteiger partial charge in [-0.3, -0.25) is 14.9 Å². The molecular formula is C14H15ClN2O3. The maximum Gasteiger partial charge on any atom is 0.335 e. The molecule has 1 atom stereocenters. The first-order valence-corrected chi connectivity index (χ1v) is 6.78. The minimum absolute atomic E-state index is 0.299. The van der Waals surface area contributed by atoms with Gasteiger partial charge in [0.2, 0.25) is 11.8 Å². The van der Waals surface area contributed by atoms with Gasteiger partial charge in [0.05, 0.1) is 10.7 Å². The Labute approximate surface area is 121 Å². The highest BCUT2D eigenvalue weighted by molar-refractivity contribution is 6.36. The average molecular weight is 295 g/mol. The standard InChI is InChI=1S/C14H15ClN2O3/c1-3-4-9-12(18)16-14(20)17(13(9)19)11-6-5-8(2)7-10(11)15/h5-7,9H,3-4H2,1-2H3,(H,16,18,20). The number of nitrogens with one attached hydrogen (secondary N) is 1. The predicted octanol–water partition coefficient (Wildman–Crippen LogP) is 2.65. The molecule has 0 saturated carbocycles. The van der Waals surface area contributed by atoms with Crippen LogP contribution in [0.2, 0.25) is 5.02 Å². The highest BCUT2D eigenvalue weighted by atomic mass is 35.5. The third-order valence-electron chi connectivity index (χ3n) is 3.19. The van der Waals surface area contributed by atoms with Gasteiger partial charge in [-0.1, -0.05) is 31.0 Å². The van der Waals surface area contributed by atoms with Crippen LogP contribution in [0.5, 0.6) is 0 Å². The summed E-state index contributed by atoms with van der Waals surface area (Å²) in [7, 11) is 0. The van der Waals surface area contributed by atoms with E-state index in [0.29, 0.717) is 23.6 Å². The Balaban J connectivity index is 2.41. The molecule has 106 valence electrons. The molecule has 0 aliphatic carbocycles. The van der Waals surface area contributed by atoms with E-state index in [9.17, 15) is 14.4 Å². The number of anilines is 1. The highest BCUT2D eigenvalue weighted by Gasteiger charge is 2.41. The van der Waals surface area contributed by atoms with E-state index in [4.69, 9.17) is 11.6 Å². The summed E-state index contributed by atoms with van der Waals surface area (Å²) in [6, 6.07) is 4.28. The molecule has 1 N–H and O–H groups in total. The van der Waals surface area contributed by atoms with Crippen molar-refractivity contribution < 1.29 is 14.4 Å². The normalized spacial score (nSPS) is 19.2. The highest BCUT2D eigenvalue weighted by Crippen LogP contribution is 2.30. The molecule has 0 spiro atoms. The number of barbiturate groups is 1. The van der Waals surface area contributed by atoms with Gasteiger partial charge in [-0.2, -0.15) is 0 Å². The van der Waals surface area contributed by atoms with E-state index < -0.39 is 23.8 Å². The Bertz CT molecular complexity index is 586. The van der Waals surface area contributed by atoms with Gasteiger partial charge in [0.15, 0.2) is 0 Å². The van der Waals surface area contributed by atoms with Crippen molar-refractivity contribution in [2.24, 2.45) is 5.92 Å². The summed E-state index contributed by atoms with van der Waals surface area (Å²) < 4.78 is 0. The molecule has 1 saturated heterocycles. The molecule has 1 aliphatic rings. The third-order valence-corrected chi connectivity index (χ3v) is 3.49. The number of carbonyl (C=O) groups excluding carboxylic acids is 3. The van der Waals surface area contributed by atoms with Crippen molar-refractivity contribution >= 4 is 35.1 Å². The Kier molecular flexibility index (Phi) is 4.09. The summed E-state index contributed by atoms with van der Waals surface area (Å²) >= 11 is 6.10. The average Bonchev–Trinajstić information content (AvgIpc) is 2.37. The predicted molar refractivity (Wildman–Crippen MR) is 75.6 cm³/mol. The molecule has 1 aromatic carbocycles. The number of imide groups is 2. The fraction of sp³-hybridized carbons (Fsp3) is 0.357. The quantitative estimate of drug-likeness (QED) is 0.872. The lowest BCUT2D eigenvalue weighted by atomic mass is 9.99. The molecule has 0 bridgehead atoms. The number of urea groups is 1. The van der Waals surface area contributed by atoms with Crippen LogP contribution in [0, 0.1) is 12.8 Å². The monoisotopic (exact) mass is 294 g/mol. The first-order valence-electron chi connectivity index (χ1n) is 6.40. The Morgan fingerprint density at radius 1 is 1.30 bits per heavy atom. The zero-order chi connectivity index (χ0) is 14.9. The maximum absolute atomic E-state index is 12.4. The zero-order valence-corrected chi connectivity index (χ0v) is 12.0. The van der Waals surface area contributed by atoms with Crippen LogP contribution in [0.4, 0.5) is 10.5 Å². The number of hydrogen-bond donors (Lipinski definition) is 1. The topological polar surface area (TPSA) is 66.5 Å². The van der Waals surface area contributed by atoms with Gasteiger partial charge in [0.25, 0.3) is 0 Å². The van der Waals surface area contributed by atoms with Gasteiger partial charge in [-0.25, -0.2) is 9.69 Å². The fourth-order valence-electron chi connectivity index (χ4n) is 2.18. The molecule has 2 rings (SSSR count). The van der Waals surface area contributed by atoms with Crippen LogP contribution in [0.1, 0.15) is 25.3 Å². The molecule has 0 aromatic heterocycles. The van der Waals surface area contributed by atoms with Gasteiger partial charge >= 0.3 is 6.03 Å². The van der Waals surface area contributed by atoms with E-state index in [-0.39, 0.29) is 0 Å². The number of hydrogen-bond acceptors (Lipinski definition) is 3. The minimum atomic E-state index is -0.838. The first kappa shape index (κ1) is 14.5. The summed E-state index contributed by atoms with van der Waals surface area (Å²) in [6.07, 6.45) is 1.07. The summed E-state index contributed by atoms with van der Waals surface area (Å²) in [5, 5.41) is 2.51. The smallest absolute Gasteiger partial charge is 0.277 e. The SMILES string of the molecule is CCCC1C(=O)NC(=O)N(c2ccc(C)cc2Cl)C1=O. The number of amides is 4. The molecule has 5 nitrogen and oxygen atoms in total. The summed E-state index contributed by atoms with van der Waals surface area (Å²) in [5.41, 5.74) is 1.22. The Morgan fingerprint density at radius 2 is 2.00 bits per heavy atom. The van der Waals surface area contributed by atoms with Crippen molar-refractivity contribution in [1.29, 1.82) is 0 Å². The van der Waals surface area contributed by atoms with Crippen molar-refractivity contribution in [3.05, 3.63) is 28.8 Å². The largest absolute Gasteiger partial charge is 0.335 e. The zero-order valence-electron chi connectivity index (χ0n) is 11.3. The number of nitrogens with zero attached hydrogens (tertiary/aromatic N) is 1. The molecule has 20 heavy (non-hydrogen) atoms. The van der Waals surface area contributed by atoms with Crippen LogP contribution in [-0.2, 0) is 9.59 Å². The van der Waals surface area contributed by atoms with Crippen molar-refractivity contribution in [3.63, 3.8) is 0 Å². The second kappa shape index (κ2) is 5.63. The van der Waals surface area contributed by atoms with E-state index >= 15 is 0 Å². The van der Waals surface area contributed by atoms with E-state index in [1.807, 2.05) is 13.8 Å². The van der Waals surface area contributed by atoms with Gasteiger partial charge in [-0.05, 0) is 31.0 Å². The van der Waals surface area contributed by atoms with Gasteiger partial charge in [0, 0.05) is 0 Å². The van der Waals surface area contributed by atoms with Gasteiger partial charge in [0.1, 0.15) is 5.92 Å². The Morgan fingerprint density at radius 3 is 2.60 bits per heavy atom. The number of benzene rings is 1. The van der Waals surface area contributed by atoms with Crippen molar-refractivity contribution in [2.45, 2.75) is 26.7 Å². The Hall–Kier alpha value is -1.88. The summed E-state index contributed by atoms with van der Waals surface area (Å²) in [4.78, 5) is 36.9. The van der Waals surface area contributed by atoms with Gasteiger partial charge < -0.3 is 0 Å². The second-order valence-corrected chi connectivity index (χ2v) is 5.17. The van der Waals surface area contributed by atoms with Crippen LogP contribution in [0.15, 0.2) is 18.2 Å². The lowest BCUT2D eigenvalue weighted by molar-refractivity contribution is -0.134. The van der Waals surface area contributed by atoms with Gasteiger partial charge in [-0.15, -0.1) is 0 Å². The molecule has 1 fully saturated rings. The van der Waals surface area contributed by atoms with Crippen molar-refractivity contribution in [2.75, 3.05) is 4.90 Å². The molecule has 0 radical (unpaired) electrons. The van der Waals surface area contributed by atoms with E-state index in [2.05, 4.69) is 5.32 Å². The molecule has 1 aliphatic heterocycles. The molecule has 1 aromatic rings. The number of aryl methyl sites for hydroxylation is 1. The molecule has 1 unspecified atom stereocenters. The lowest BCUT2D eigenvalue weighted by Gasteiger charge is -2.30. The van der Waals surface area contributed by atoms with E-state index in [0.717, 1.165) is 10.5 Å². The van der Waals surface area contributed by atoms with Crippen LogP contribution < -0.4 is 10.2 Å². The lowest BCUT2D eigenvalue weighted by Crippen LogP contribution is -2.58. The third kappa shape index (κ3) is 2.54. The first-order chi connectivity index (χ1) is 9.45. The molecular weight excluding hydrogens is 280 g/mol. The summed E-state index contributed by atoms with van der Waals surface area (Å²) in [5.74, 6) is -1.90.